The lowest BCUT2D eigenvalue weighted by Crippen LogP contribution is -2.47. The van der Waals surface area contributed by atoms with Crippen LogP contribution in [0.15, 0.2) is 116 Å². The average molecular weight is 623 g/mol. The summed E-state index contributed by atoms with van der Waals surface area (Å²) in [7, 11) is 0. The summed E-state index contributed by atoms with van der Waals surface area (Å²) in [6, 6.07) is 28.3. The van der Waals surface area contributed by atoms with Crippen LogP contribution in [0.5, 0.6) is 0 Å². The van der Waals surface area contributed by atoms with Gasteiger partial charge in [-0.1, -0.05) is 44.0 Å². The van der Waals surface area contributed by atoms with Crippen molar-refractivity contribution in [3.63, 3.8) is 0 Å². The number of rotatable bonds is 5. The van der Waals surface area contributed by atoms with Crippen molar-refractivity contribution in [3.8, 4) is 0 Å². The second kappa shape index (κ2) is 10.3. The molecule has 2 atom stereocenters. The van der Waals surface area contributed by atoms with Gasteiger partial charge in [0, 0.05) is 25.9 Å². The van der Waals surface area contributed by atoms with Gasteiger partial charge in [-0.3, -0.25) is 4.99 Å². The normalized spacial score (nSPS) is 19.7. The number of hydrogen-bond donors (Lipinski definition) is 0. The van der Waals surface area contributed by atoms with Crippen molar-refractivity contribution in [2.45, 2.75) is 25.4 Å². The summed E-state index contributed by atoms with van der Waals surface area (Å²) in [5.74, 6) is 0.0485. The van der Waals surface area contributed by atoms with E-state index in [4.69, 9.17) is 9.98 Å². The first-order valence-electron chi connectivity index (χ1n) is 11.8. The van der Waals surface area contributed by atoms with Crippen LogP contribution in [-0.2, 0) is 5.54 Å². The van der Waals surface area contributed by atoms with Crippen molar-refractivity contribution in [2.75, 3.05) is 4.90 Å². The van der Waals surface area contributed by atoms with E-state index in [2.05, 4.69) is 43.7 Å². The molecule has 0 fully saturated rings. The Bertz CT molecular complexity index is 1470. The fraction of sp³-hybridized carbons (Fsp3) is 0.133. The quantitative estimate of drug-likeness (QED) is 0.204. The van der Waals surface area contributed by atoms with Crippen molar-refractivity contribution >= 4 is 54.8 Å². The summed E-state index contributed by atoms with van der Waals surface area (Å²) in [6.07, 6.45) is 0. The van der Waals surface area contributed by atoms with Crippen LogP contribution in [0.4, 0.5) is 20.2 Å². The highest BCUT2D eigenvalue weighted by Gasteiger charge is 2.50. The van der Waals surface area contributed by atoms with Crippen molar-refractivity contribution in [1.29, 1.82) is 0 Å². The maximum absolute atomic E-state index is 14.0. The zero-order valence-corrected chi connectivity index (χ0v) is 23.3. The molecule has 0 spiro atoms. The highest BCUT2D eigenvalue weighted by Crippen LogP contribution is 2.44. The van der Waals surface area contributed by atoms with Gasteiger partial charge in [-0.2, -0.15) is 0 Å². The molecule has 186 valence electrons. The molecular formula is C30H23Br2F2N3. The topological polar surface area (TPSA) is 28.0 Å². The molecule has 2 unspecified atom stereocenters. The highest BCUT2D eigenvalue weighted by molar-refractivity contribution is 9.10. The number of amidine groups is 1. The van der Waals surface area contributed by atoms with Gasteiger partial charge in [-0.25, -0.2) is 13.8 Å². The van der Waals surface area contributed by atoms with Gasteiger partial charge in [0.15, 0.2) is 0 Å². The SMILES string of the molecule is CC(=Nc1ccc(Br)cc1)C1(c2ccc(F)cc2)N=C(c2ccc(F)cc2)N(c2ccc(Br)cc2)C1C. The van der Waals surface area contributed by atoms with Gasteiger partial charge in [0.25, 0.3) is 0 Å². The van der Waals surface area contributed by atoms with Gasteiger partial charge >= 0.3 is 0 Å². The van der Waals surface area contributed by atoms with E-state index in [0.717, 1.165) is 37.2 Å². The minimum Gasteiger partial charge on any atom is -0.320 e. The predicted octanol–water partition coefficient (Wildman–Crippen LogP) is 8.83. The van der Waals surface area contributed by atoms with Gasteiger partial charge < -0.3 is 4.90 Å². The van der Waals surface area contributed by atoms with Crippen LogP contribution in [0.2, 0.25) is 0 Å². The molecule has 4 aromatic rings. The monoisotopic (exact) mass is 621 g/mol. The van der Waals surface area contributed by atoms with E-state index >= 15 is 0 Å². The summed E-state index contributed by atoms with van der Waals surface area (Å²) >= 11 is 7.00. The maximum atomic E-state index is 14.0. The van der Waals surface area contributed by atoms with Crippen LogP contribution in [0.25, 0.3) is 0 Å². The van der Waals surface area contributed by atoms with Crippen LogP contribution in [0, 0.1) is 11.6 Å². The molecule has 1 aliphatic rings. The number of aliphatic imine (C=N–C) groups is 2. The van der Waals surface area contributed by atoms with Gasteiger partial charge in [0.2, 0.25) is 0 Å². The number of nitrogens with zero attached hydrogens (tertiary/aromatic N) is 3. The summed E-state index contributed by atoms with van der Waals surface area (Å²) < 4.78 is 29.8. The minimum atomic E-state index is -0.933. The summed E-state index contributed by atoms with van der Waals surface area (Å²) in [5.41, 5.74) is 3.13. The summed E-state index contributed by atoms with van der Waals surface area (Å²) in [6.45, 7) is 4.05. The first-order chi connectivity index (χ1) is 17.8. The Balaban J connectivity index is 1.76. The lowest BCUT2D eigenvalue weighted by Gasteiger charge is -2.36. The smallest absolute Gasteiger partial charge is 0.146 e. The van der Waals surface area contributed by atoms with E-state index in [0.29, 0.717) is 5.84 Å². The molecule has 0 saturated heterocycles. The van der Waals surface area contributed by atoms with Crippen molar-refractivity contribution in [3.05, 3.63) is 129 Å². The fourth-order valence-corrected chi connectivity index (χ4v) is 5.36. The lowest BCUT2D eigenvalue weighted by atomic mass is 9.80. The number of halogens is 4. The van der Waals surface area contributed by atoms with E-state index in [1.807, 2.05) is 55.5 Å². The van der Waals surface area contributed by atoms with Gasteiger partial charge in [-0.05, 0) is 104 Å². The largest absolute Gasteiger partial charge is 0.320 e. The minimum absolute atomic E-state index is 0.238. The van der Waals surface area contributed by atoms with Crippen LogP contribution in [0.1, 0.15) is 25.0 Å². The molecule has 1 aliphatic heterocycles. The number of hydrogen-bond acceptors (Lipinski definition) is 3. The molecule has 4 aromatic carbocycles. The molecule has 37 heavy (non-hydrogen) atoms. The molecule has 5 rings (SSSR count). The molecule has 0 aliphatic carbocycles. The molecule has 0 aromatic heterocycles. The first kappa shape index (κ1) is 25.5. The zero-order chi connectivity index (χ0) is 26.2. The molecule has 0 saturated carbocycles. The Hall–Kier alpha value is -3.16. The fourth-order valence-electron chi connectivity index (χ4n) is 4.83. The van der Waals surface area contributed by atoms with E-state index in [1.54, 1.807) is 24.3 Å². The van der Waals surface area contributed by atoms with Gasteiger partial charge in [-0.15, -0.1) is 0 Å². The Morgan fingerprint density at radius 3 is 1.86 bits per heavy atom. The predicted molar refractivity (Wildman–Crippen MR) is 154 cm³/mol. The van der Waals surface area contributed by atoms with Crippen molar-refractivity contribution in [1.82, 2.24) is 0 Å². The third kappa shape index (κ3) is 4.90. The van der Waals surface area contributed by atoms with Crippen LogP contribution in [-0.4, -0.2) is 17.6 Å². The Morgan fingerprint density at radius 2 is 1.30 bits per heavy atom. The second-order valence-electron chi connectivity index (χ2n) is 8.91. The van der Waals surface area contributed by atoms with Crippen LogP contribution in [0.3, 0.4) is 0 Å². The third-order valence-corrected chi connectivity index (χ3v) is 7.73. The molecule has 0 amide bonds. The molecular weight excluding hydrogens is 600 g/mol. The molecule has 3 nitrogen and oxygen atoms in total. The van der Waals surface area contributed by atoms with Gasteiger partial charge in [0.05, 0.1) is 11.7 Å². The highest BCUT2D eigenvalue weighted by atomic mass is 79.9. The number of benzene rings is 4. The standard InChI is InChI=1S/C30H23Br2F2N3/c1-19(35-27-15-7-23(31)8-16-27)30(22-5-13-26(34)14-6-22)20(2)37(28-17-9-24(32)10-18-28)29(36-30)21-3-11-25(33)12-4-21/h3-18,20H,1-2H3. The molecule has 1 heterocycles. The zero-order valence-electron chi connectivity index (χ0n) is 20.2. The Kier molecular flexibility index (Phi) is 7.10. The molecule has 7 heteroatoms. The molecule has 0 radical (unpaired) electrons. The molecule has 0 N–H and O–H groups in total. The van der Waals surface area contributed by atoms with Crippen molar-refractivity contribution in [2.24, 2.45) is 9.98 Å². The van der Waals surface area contributed by atoms with Crippen LogP contribution >= 0.6 is 31.9 Å². The first-order valence-corrected chi connectivity index (χ1v) is 13.3. The van der Waals surface area contributed by atoms with E-state index < -0.39 is 5.54 Å². The molecule has 0 bridgehead atoms. The third-order valence-electron chi connectivity index (χ3n) is 6.67. The lowest BCUT2D eigenvalue weighted by molar-refractivity contribution is 0.526. The van der Waals surface area contributed by atoms with Gasteiger partial charge in [0.1, 0.15) is 23.0 Å². The van der Waals surface area contributed by atoms with E-state index in [1.165, 1.54) is 24.3 Å². The van der Waals surface area contributed by atoms with E-state index in [9.17, 15) is 8.78 Å². The number of anilines is 1. The average Bonchev–Trinajstić information content (AvgIpc) is 3.20. The summed E-state index contributed by atoms with van der Waals surface area (Å²) in [5, 5.41) is 0. The Labute approximate surface area is 231 Å². The van der Waals surface area contributed by atoms with Crippen molar-refractivity contribution < 1.29 is 8.78 Å². The van der Waals surface area contributed by atoms with E-state index in [-0.39, 0.29) is 17.7 Å². The maximum Gasteiger partial charge on any atom is 0.146 e. The van der Waals surface area contributed by atoms with Crippen LogP contribution < -0.4 is 4.90 Å². The second-order valence-corrected chi connectivity index (χ2v) is 10.7. The summed E-state index contributed by atoms with van der Waals surface area (Å²) in [4.78, 5) is 12.5. The Morgan fingerprint density at radius 1 is 0.784 bits per heavy atom.